The van der Waals surface area contributed by atoms with Gasteiger partial charge in [-0.25, -0.2) is 4.79 Å². The number of carbonyl (C=O) groups is 1. The minimum atomic E-state index is -0.569. The number of hydrogen-bond acceptors (Lipinski definition) is 5. The SMILES string of the molecule is Cc1cc(C(=O)Nc2cccc(Oc3ccc4c(/C=C/c5ccccc5)n[nH]c4c3)c2)oc(=O)c1. The first kappa shape index (κ1) is 21.9. The van der Waals surface area contributed by atoms with Crippen molar-refractivity contribution >= 4 is 34.6 Å². The number of hydrogen-bond donors (Lipinski definition) is 2. The van der Waals surface area contributed by atoms with E-state index in [0.29, 0.717) is 22.7 Å². The summed E-state index contributed by atoms with van der Waals surface area (Å²) in [6, 6.07) is 25.5. The molecule has 0 aliphatic rings. The van der Waals surface area contributed by atoms with E-state index in [1.165, 1.54) is 12.1 Å². The summed E-state index contributed by atoms with van der Waals surface area (Å²) in [5.41, 5.74) is 3.36. The zero-order valence-corrected chi connectivity index (χ0v) is 18.8. The van der Waals surface area contributed by atoms with Crippen molar-refractivity contribution in [3.8, 4) is 11.5 Å². The Labute approximate surface area is 200 Å². The topological polar surface area (TPSA) is 97.2 Å². The Balaban J connectivity index is 1.31. The monoisotopic (exact) mass is 463 g/mol. The average molecular weight is 463 g/mol. The van der Waals surface area contributed by atoms with Gasteiger partial charge in [-0.15, -0.1) is 0 Å². The Morgan fingerprint density at radius 1 is 0.943 bits per heavy atom. The predicted molar refractivity (Wildman–Crippen MR) is 136 cm³/mol. The number of nitrogens with zero attached hydrogens (tertiary/aromatic N) is 1. The van der Waals surface area contributed by atoms with Crippen molar-refractivity contribution in [2.24, 2.45) is 0 Å². The number of H-pyrrole nitrogens is 1. The van der Waals surface area contributed by atoms with Crippen LogP contribution in [0.25, 0.3) is 23.1 Å². The number of nitrogens with one attached hydrogen (secondary N) is 2. The van der Waals surface area contributed by atoms with Crippen molar-refractivity contribution in [3.05, 3.63) is 118 Å². The number of aromatic nitrogens is 2. The van der Waals surface area contributed by atoms with Crippen LogP contribution >= 0.6 is 0 Å². The first-order valence-electron chi connectivity index (χ1n) is 11.0. The molecule has 2 N–H and O–H groups in total. The van der Waals surface area contributed by atoms with Crippen LogP contribution in [0.1, 0.15) is 27.4 Å². The van der Waals surface area contributed by atoms with Gasteiger partial charge in [0.25, 0.3) is 5.91 Å². The molecule has 7 nitrogen and oxygen atoms in total. The van der Waals surface area contributed by atoms with Crippen LogP contribution < -0.4 is 15.7 Å². The summed E-state index contributed by atoms with van der Waals surface area (Å²) in [6.07, 6.45) is 3.99. The summed E-state index contributed by atoms with van der Waals surface area (Å²) in [5.74, 6) is 0.588. The molecule has 0 radical (unpaired) electrons. The summed E-state index contributed by atoms with van der Waals surface area (Å²) in [6.45, 7) is 1.72. The number of amides is 1. The zero-order chi connectivity index (χ0) is 24.2. The molecule has 35 heavy (non-hydrogen) atoms. The van der Waals surface area contributed by atoms with Gasteiger partial charge in [0.1, 0.15) is 11.5 Å². The number of ether oxygens (including phenoxy) is 1. The first-order valence-corrected chi connectivity index (χ1v) is 11.0. The lowest BCUT2D eigenvalue weighted by molar-refractivity contribution is 0.0992. The molecule has 0 spiro atoms. The number of aryl methyl sites for hydroxylation is 1. The fourth-order valence-electron chi connectivity index (χ4n) is 3.63. The number of anilines is 1. The lowest BCUT2D eigenvalue weighted by Gasteiger charge is -2.09. The Morgan fingerprint density at radius 3 is 2.60 bits per heavy atom. The molecule has 0 saturated carbocycles. The second-order valence-corrected chi connectivity index (χ2v) is 7.96. The van der Waals surface area contributed by atoms with Crippen LogP contribution in [-0.4, -0.2) is 16.1 Å². The summed E-state index contributed by atoms with van der Waals surface area (Å²) in [7, 11) is 0. The van der Waals surface area contributed by atoms with Gasteiger partial charge in [0.2, 0.25) is 0 Å². The molecule has 3 aromatic carbocycles. The van der Waals surface area contributed by atoms with Crippen LogP contribution in [0.2, 0.25) is 0 Å². The Hall–Kier alpha value is -4.91. The molecule has 2 heterocycles. The second-order valence-electron chi connectivity index (χ2n) is 7.96. The number of aromatic amines is 1. The van der Waals surface area contributed by atoms with E-state index in [4.69, 9.17) is 9.15 Å². The number of carbonyl (C=O) groups excluding carboxylic acids is 1. The van der Waals surface area contributed by atoms with Crippen LogP contribution in [0.5, 0.6) is 11.5 Å². The molecule has 0 saturated heterocycles. The molecule has 0 aliphatic carbocycles. The molecule has 7 heteroatoms. The smallest absolute Gasteiger partial charge is 0.336 e. The molecule has 0 aliphatic heterocycles. The van der Waals surface area contributed by atoms with Crippen molar-refractivity contribution in [1.29, 1.82) is 0 Å². The van der Waals surface area contributed by atoms with Crippen LogP contribution in [0, 0.1) is 6.92 Å². The van der Waals surface area contributed by atoms with Crippen molar-refractivity contribution in [3.63, 3.8) is 0 Å². The van der Waals surface area contributed by atoms with Crippen LogP contribution in [0.3, 0.4) is 0 Å². The maximum Gasteiger partial charge on any atom is 0.336 e. The molecular formula is C28H21N3O4. The highest BCUT2D eigenvalue weighted by atomic mass is 16.5. The molecule has 0 atom stereocenters. The van der Waals surface area contributed by atoms with E-state index in [1.807, 2.05) is 60.7 Å². The summed E-state index contributed by atoms with van der Waals surface area (Å²) >= 11 is 0. The van der Waals surface area contributed by atoms with Crippen molar-refractivity contribution in [2.75, 3.05) is 5.32 Å². The van der Waals surface area contributed by atoms with Gasteiger partial charge >= 0.3 is 5.63 Å². The second kappa shape index (κ2) is 9.52. The molecule has 1 amide bonds. The van der Waals surface area contributed by atoms with E-state index in [9.17, 15) is 9.59 Å². The molecule has 0 fully saturated rings. The Morgan fingerprint density at radius 2 is 1.77 bits per heavy atom. The van der Waals surface area contributed by atoms with E-state index >= 15 is 0 Å². The van der Waals surface area contributed by atoms with Gasteiger partial charge in [-0.3, -0.25) is 9.89 Å². The Kier molecular flexibility index (Phi) is 5.96. The van der Waals surface area contributed by atoms with Crippen LogP contribution in [-0.2, 0) is 0 Å². The molecule has 0 unspecified atom stereocenters. The van der Waals surface area contributed by atoms with Gasteiger partial charge in [-0.1, -0.05) is 42.5 Å². The minimum absolute atomic E-state index is 0.0527. The van der Waals surface area contributed by atoms with Crippen LogP contribution in [0.4, 0.5) is 5.69 Å². The average Bonchev–Trinajstić information content (AvgIpc) is 3.25. The highest BCUT2D eigenvalue weighted by molar-refractivity contribution is 6.02. The van der Waals surface area contributed by atoms with Crippen molar-refractivity contribution in [1.82, 2.24) is 10.2 Å². The lowest BCUT2D eigenvalue weighted by atomic mass is 10.1. The minimum Gasteiger partial charge on any atom is -0.457 e. The molecule has 5 aromatic rings. The molecule has 0 bridgehead atoms. The molecule has 172 valence electrons. The van der Waals surface area contributed by atoms with Gasteiger partial charge in [-0.2, -0.15) is 5.10 Å². The van der Waals surface area contributed by atoms with E-state index in [2.05, 4.69) is 15.5 Å². The third-order valence-corrected chi connectivity index (χ3v) is 5.26. The molecule has 2 aromatic heterocycles. The highest BCUT2D eigenvalue weighted by Gasteiger charge is 2.11. The molecular weight excluding hydrogens is 442 g/mol. The maximum atomic E-state index is 12.5. The number of benzene rings is 3. The summed E-state index contributed by atoms with van der Waals surface area (Å²) < 4.78 is 11.0. The fraction of sp³-hybridized carbons (Fsp3) is 0.0357. The van der Waals surface area contributed by atoms with Crippen molar-refractivity contribution in [2.45, 2.75) is 6.92 Å². The normalized spacial score (nSPS) is 11.1. The zero-order valence-electron chi connectivity index (χ0n) is 18.8. The quantitative estimate of drug-likeness (QED) is 0.320. The lowest BCUT2D eigenvalue weighted by Crippen LogP contribution is -2.14. The van der Waals surface area contributed by atoms with E-state index in [1.54, 1.807) is 31.2 Å². The highest BCUT2D eigenvalue weighted by Crippen LogP contribution is 2.28. The van der Waals surface area contributed by atoms with Gasteiger partial charge in [-0.05, 0) is 54.5 Å². The number of rotatable bonds is 6. The fourth-order valence-corrected chi connectivity index (χ4v) is 3.63. The van der Waals surface area contributed by atoms with Crippen molar-refractivity contribution < 1.29 is 13.9 Å². The van der Waals surface area contributed by atoms with Crippen LogP contribution in [0.15, 0.2) is 94.1 Å². The first-order chi connectivity index (χ1) is 17.0. The Bertz CT molecular complexity index is 1600. The van der Waals surface area contributed by atoms with Gasteiger partial charge in [0, 0.05) is 29.3 Å². The van der Waals surface area contributed by atoms with Gasteiger partial charge in [0.15, 0.2) is 5.76 Å². The van der Waals surface area contributed by atoms with E-state index in [-0.39, 0.29) is 5.76 Å². The largest absolute Gasteiger partial charge is 0.457 e. The molecule has 5 rings (SSSR count). The third kappa shape index (κ3) is 5.20. The summed E-state index contributed by atoms with van der Waals surface area (Å²) in [5, 5.41) is 11.1. The standard InChI is InChI=1S/C28H21N3O4/c1-18-14-26(35-27(32)15-18)28(33)29-20-8-5-9-21(16-20)34-22-11-12-23-24(30-31-25(23)17-22)13-10-19-6-3-2-4-7-19/h2-17H,1H3,(H,29,33)(H,30,31)/b13-10+. The van der Waals surface area contributed by atoms with Gasteiger partial charge in [0.05, 0.1) is 11.2 Å². The van der Waals surface area contributed by atoms with Gasteiger partial charge < -0.3 is 14.5 Å². The van der Waals surface area contributed by atoms with E-state index in [0.717, 1.165) is 22.2 Å². The maximum absolute atomic E-state index is 12.5. The third-order valence-electron chi connectivity index (χ3n) is 5.26. The van der Waals surface area contributed by atoms with E-state index < -0.39 is 11.5 Å². The predicted octanol–water partition coefficient (Wildman–Crippen LogP) is 6.04. The summed E-state index contributed by atoms with van der Waals surface area (Å²) in [4.78, 5) is 24.0. The number of fused-ring (bicyclic) bond motifs is 1.